The monoisotopic (exact) mass is 251 g/mol. The summed E-state index contributed by atoms with van der Waals surface area (Å²) in [4.78, 5) is 17.3. The van der Waals surface area contributed by atoms with Gasteiger partial charge in [-0.1, -0.05) is 11.6 Å². The molecule has 1 aromatic rings. The minimum atomic E-state index is 0.475. The molecule has 2 aliphatic rings. The van der Waals surface area contributed by atoms with E-state index in [0.29, 0.717) is 5.15 Å². The fourth-order valence-electron chi connectivity index (χ4n) is 2.32. The number of nitrogens with zero attached hydrogens (tertiary/aromatic N) is 5. The van der Waals surface area contributed by atoms with Gasteiger partial charge in [0.25, 0.3) is 0 Å². The first-order chi connectivity index (χ1) is 8.34. The van der Waals surface area contributed by atoms with Crippen molar-refractivity contribution < 1.29 is 0 Å². The van der Waals surface area contributed by atoms with Crippen LogP contribution in [-0.4, -0.2) is 47.0 Å². The van der Waals surface area contributed by atoms with Crippen LogP contribution in [0.15, 0.2) is 17.4 Å². The van der Waals surface area contributed by atoms with E-state index in [9.17, 15) is 0 Å². The van der Waals surface area contributed by atoms with Gasteiger partial charge in [0, 0.05) is 32.2 Å². The molecule has 0 radical (unpaired) electrons. The summed E-state index contributed by atoms with van der Waals surface area (Å²) in [5.74, 6) is 1.88. The Morgan fingerprint density at radius 1 is 1.12 bits per heavy atom. The van der Waals surface area contributed by atoms with Crippen molar-refractivity contribution in [2.24, 2.45) is 4.99 Å². The van der Waals surface area contributed by atoms with Crippen LogP contribution in [0.3, 0.4) is 0 Å². The molecule has 0 N–H and O–H groups in total. The lowest BCUT2D eigenvalue weighted by Gasteiger charge is -2.40. The molecule has 5 nitrogen and oxygen atoms in total. The van der Waals surface area contributed by atoms with Crippen LogP contribution >= 0.6 is 11.6 Å². The van der Waals surface area contributed by atoms with E-state index in [1.54, 1.807) is 6.07 Å². The van der Waals surface area contributed by atoms with Gasteiger partial charge in [0.2, 0.25) is 5.96 Å². The number of fused-ring (bicyclic) bond motifs is 1. The first-order valence-electron chi connectivity index (χ1n) is 5.89. The van der Waals surface area contributed by atoms with Crippen molar-refractivity contribution in [2.45, 2.75) is 12.8 Å². The Bertz CT molecular complexity index is 447. The molecule has 3 heterocycles. The zero-order chi connectivity index (χ0) is 11.7. The normalized spacial score (nSPS) is 19.9. The van der Waals surface area contributed by atoms with Crippen LogP contribution in [0.1, 0.15) is 12.8 Å². The lowest BCUT2D eigenvalue weighted by atomic mass is 10.2. The topological polar surface area (TPSA) is 44.6 Å². The number of halogens is 1. The van der Waals surface area contributed by atoms with Crippen LogP contribution in [0.25, 0.3) is 0 Å². The van der Waals surface area contributed by atoms with Crippen molar-refractivity contribution in [3.05, 3.63) is 17.5 Å². The van der Waals surface area contributed by atoms with Gasteiger partial charge >= 0.3 is 0 Å². The molecule has 6 heteroatoms. The van der Waals surface area contributed by atoms with Crippen molar-refractivity contribution in [3.8, 4) is 0 Å². The molecule has 0 spiro atoms. The molecule has 1 fully saturated rings. The van der Waals surface area contributed by atoms with Gasteiger partial charge in [0.15, 0.2) is 0 Å². The van der Waals surface area contributed by atoms with Crippen molar-refractivity contribution in [2.75, 3.05) is 31.1 Å². The molecule has 0 atom stereocenters. The van der Waals surface area contributed by atoms with Gasteiger partial charge in [-0.25, -0.2) is 9.97 Å². The second-order valence-electron chi connectivity index (χ2n) is 4.23. The number of aliphatic imine (C=N–C) groups is 1. The number of anilines is 1. The summed E-state index contributed by atoms with van der Waals surface area (Å²) in [5, 5.41) is 0.475. The van der Waals surface area contributed by atoms with Gasteiger partial charge < -0.3 is 4.90 Å². The van der Waals surface area contributed by atoms with Gasteiger partial charge in [-0.15, -0.1) is 0 Å². The second kappa shape index (κ2) is 4.49. The summed E-state index contributed by atoms with van der Waals surface area (Å²) in [6.45, 7) is 4.03. The van der Waals surface area contributed by atoms with Gasteiger partial charge in [-0.3, -0.25) is 9.89 Å². The van der Waals surface area contributed by atoms with Gasteiger partial charge in [0.1, 0.15) is 17.3 Å². The molecule has 2 aliphatic heterocycles. The molecule has 90 valence electrons. The third-order valence-corrected chi connectivity index (χ3v) is 3.28. The van der Waals surface area contributed by atoms with Gasteiger partial charge in [0.05, 0.1) is 0 Å². The zero-order valence-electron chi connectivity index (χ0n) is 9.51. The fourth-order valence-corrected chi connectivity index (χ4v) is 2.46. The average molecular weight is 252 g/mol. The SMILES string of the molecule is Clc1cc(N2CCCN3CCCN=C32)ncn1. The van der Waals surface area contributed by atoms with E-state index in [4.69, 9.17) is 11.6 Å². The van der Waals surface area contributed by atoms with Crippen molar-refractivity contribution in [3.63, 3.8) is 0 Å². The van der Waals surface area contributed by atoms with E-state index >= 15 is 0 Å². The lowest BCUT2D eigenvalue weighted by Crippen LogP contribution is -2.52. The Hall–Kier alpha value is -1.36. The summed E-state index contributed by atoms with van der Waals surface area (Å²) in [7, 11) is 0. The summed E-state index contributed by atoms with van der Waals surface area (Å²) >= 11 is 5.91. The maximum Gasteiger partial charge on any atom is 0.202 e. The number of rotatable bonds is 1. The first kappa shape index (κ1) is 10.8. The third-order valence-electron chi connectivity index (χ3n) is 3.07. The van der Waals surface area contributed by atoms with E-state index in [0.717, 1.165) is 50.8 Å². The molecule has 1 aromatic heterocycles. The lowest BCUT2D eigenvalue weighted by molar-refractivity contribution is 0.359. The maximum atomic E-state index is 5.91. The highest BCUT2D eigenvalue weighted by atomic mass is 35.5. The summed E-state index contributed by atoms with van der Waals surface area (Å²) in [5.41, 5.74) is 0. The highest BCUT2D eigenvalue weighted by Crippen LogP contribution is 2.21. The molecule has 0 aromatic carbocycles. The number of hydrogen-bond acceptors (Lipinski definition) is 5. The van der Waals surface area contributed by atoms with E-state index in [1.807, 2.05) is 0 Å². The predicted molar refractivity (Wildman–Crippen MR) is 67.5 cm³/mol. The van der Waals surface area contributed by atoms with Gasteiger partial charge in [-0.2, -0.15) is 0 Å². The standard InChI is InChI=1S/C11H14ClN5/c12-9-7-10(15-8-14-9)17-6-2-5-16-4-1-3-13-11(16)17/h7-8H,1-6H2. The van der Waals surface area contributed by atoms with Crippen LogP contribution in [0.5, 0.6) is 0 Å². The molecule has 17 heavy (non-hydrogen) atoms. The molecule has 0 bridgehead atoms. The predicted octanol–water partition coefficient (Wildman–Crippen LogP) is 1.40. The minimum absolute atomic E-state index is 0.475. The largest absolute Gasteiger partial charge is 0.342 e. The Balaban J connectivity index is 1.93. The number of hydrogen-bond donors (Lipinski definition) is 0. The fraction of sp³-hybridized carbons (Fsp3) is 0.545. The summed E-state index contributed by atoms with van der Waals surface area (Å²) in [6, 6.07) is 1.79. The van der Waals surface area contributed by atoms with Crippen molar-refractivity contribution >= 4 is 23.4 Å². The summed E-state index contributed by atoms with van der Waals surface area (Å²) < 4.78 is 0. The Morgan fingerprint density at radius 3 is 2.88 bits per heavy atom. The smallest absolute Gasteiger partial charge is 0.202 e. The van der Waals surface area contributed by atoms with Crippen molar-refractivity contribution in [1.29, 1.82) is 0 Å². The molecule has 0 saturated carbocycles. The molecule has 1 saturated heterocycles. The van der Waals surface area contributed by atoms with E-state index in [2.05, 4.69) is 24.8 Å². The second-order valence-corrected chi connectivity index (χ2v) is 4.61. The van der Waals surface area contributed by atoms with E-state index in [1.165, 1.54) is 6.33 Å². The highest BCUT2D eigenvalue weighted by molar-refractivity contribution is 6.29. The summed E-state index contributed by atoms with van der Waals surface area (Å²) in [6.07, 6.45) is 3.77. The quantitative estimate of drug-likeness (QED) is 0.708. The van der Waals surface area contributed by atoms with E-state index in [-0.39, 0.29) is 0 Å². The van der Waals surface area contributed by atoms with Crippen LogP contribution in [0.4, 0.5) is 5.82 Å². The Kier molecular flexibility index (Phi) is 2.84. The number of guanidine groups is 1. The first-order valence-corrected chi connectivity index (χ1v) is 6.27. The zero-order valence-corrected chi connectivity index (χ0v) is 10.3. The Morgan fingerprint density at radius 2 is 2.00 bits per heavy atom. The van der Waals surface area contributed by atoms with Gasteiger partial charge in [-0.05, 0) is 12.8 Å². The highest BCUT2D eigenvalue weighted by Gasteiger charge is 2.27. The number of aromatic nitrogens is 2. The van der Waals surface area contributed by atoms with Crippen LogP contribution < -0.4 is 4.90 Å². The average Bonchev–Trinajstić information content (AvgIpc) is 2.38. The molecule has 3 rings (SSSR count). The third kappa shape index (κ3) is 2.07. The maximum absolute atomic E-state index is 5.91. The van der Waals surface area contributed by atoms with Crippen LogP contribution in [0.2, 0.25) is 5.15 Å². The molecular weight excluding hydrogens is 238 g/mol. The molecule has 0 unspecified atom stereocenters. The van der Waals surface area contributed by atoms with E-state index < -0.39 is 0 Å². The molecule has 0 aliphatic carbocycles. The van der Waals surface area contributed by atoms with Crippen molar-refractivity contribution in [1.82, 2.24) is 14.9 Å². The minimum Gasteiger partial charge on any atom is -0.342 e. The van der Waals surface area contributed by atoms with Crippen LogP contribution in [-0.2, 0) is 0 Å². The molecular formula is C11H14ClN5. The Labute approximate surface area is 105 Å². The molecule has 0 amide bonds. The van der Waals surface area contributed by atoms with Crippen LogP contribution in [0, 0.1) is 0 Å².